The second kappa shape index (κ2) is 11.7. The van der Waals surface area contributed by atoms with Gasteiger partial charge in [-0.1, -0.05) is 33.6 Å². The molecule has 2 aliphatic rings. The number of hydrogen-bond donors (Lipinski definition) is 3. The van der Waals surface area contributed by atoms with E-state index in [9.17, 15) is 27.2 Å². The van der Waals surface area contributed by atoms with Gasteiger partial charge in [0.25, 0.3) is 0 Å². The number of ketones is 1. The Morgan fingerprint density at radius 1 is 1.26 bits per heavy atom. The van der Waals surface area contributed by atoms with Crippen LogP contribution in [-0.2, 0) is 20.5 Å². The van der Waals surface area contributed by atoms with Crippen LogP contribution in [0.2, 0.25) is 0 Å². The van der Waals surface area contributed by atoms with Crippen molar-refractivity contribution in [3.05, 3.63) is 64.7 Å². The van der Waals surface area contributed by atoms with Crippen LogP contribution in [-0.4, -0.2) is 52.8 Å². The van der Waals surface area contributed by atoms with Crippen molar-refractivity contribution in [2.45, 2.75) is 11.0 Å². The van der Waals surface area contributed by atoms with E-state index in [0.29, 0.717) is 26.3 Å². The van der Waals surface area contributed by atoms with E-state index in [-0.39, 0.29) is 28.1 Å². The third kappa shape index (κ3) is 6.42. The Labute approximate surface area is 227 Å². The molecule has 1 aromatic heterocycles. The van der Waals surface area contributed by atoms with Crippen LogP contribution in [0, 0.1) is 11.7 Å². The zero-order valence-electron chi connectivity index (χ0n) is 19.4. The van der Waals surface area contributed by atoms with Gasteiger partial charge in [-0.25, -0.2) is 9.37 Å². The number of amides is 1. The number of ether oxygens (including phenoxy) is 1. The van der Waals surface area contributed by atoms with E-state index in [2.05, 4.69) is 42.1 Å². The molecule has 1 aromatic carbocycles. The molecule has 0 radical (unpaired) electrons. The number of morpholine rings is 1. The van der Waals surface area contributed by atoms with Crippen LogP contribution in [0.4, 0.5) is 35.0 Å². The predicted molar refractivity (Wildman–Crippen MR) is 135 cm³/mol. The van der Waals surface area contributed by atoms with E-state index >= 15 is 0 Å². The van der Waals surface area contributed by atoms with E-state index in [4.69, 9.17) is 16.3 Å². The molecule has 1 fully saturated rings. The van der Waals surface area contributed by atoms with Crippen LogP contribution in [0.15, 0.2) is 53.3 Å². The molecule has 0 saturated carbocycles. The number of nitrogens with one attached hydrogen (secondary N) is 3. The second-order valence-electron chi connectivity index (χ2n) is 8.17. The first-order chi connectivity index (χ1) is 18.0. The molecule has 2 unspecified atom stereocenters. The molecule has 0 spiro atoms. The highest BCUT2D eigenvalue weighted by molar-refractivity contribution is 9.09. The Hall–Kier alpha value is -3.23. The first-order valence-corrected chi connectivity index (χ1v) is 12.4. The van der Waals surface area contributed by atoms with Crippen LogP contribution < -0.4 is 21.1 Å². The zero-order valence-corrected chi connectivity index (χ0v) is 21.7. The Balaban J connectivity index is 1.52. The number of allylic oxidation sites excluding steroid dienone is 2. The Morgan fingerprint density at radius 3 is 2.71 bits per heavy atom. The van der Waals surface area contributed by atoms with Gasteiger partial charge in [0, 0.05) is 30.5 Å². The van der Waals surface area contributed by atoms with Gasteiger partial charge in [-0.05, 0) is 24.3 Å². The van der Waals surface area contributed by atoms with Crippen molar-refractivity contribution in [3.63, 3.8) is 0 Å². The number of hydrazine groups is 1. The molecular weight excluding hydrogens is 600 g/mol. The summed E-state index contributed by atoms with van der Waals surface area (Å²) in [5, 5.41) is 2.26. The SMILES string of the molecule is O=C1C(Cl)=CC(Br)C(C(=O)Nc2cccc(C(F)(F)F)c2)C1=CNNc1ncc(F)c(N2CCOCC2)n1. The Bertz CT molecular complexity index is 1290. The maximum Gasteiger partial charge on any atom is 0.416 e. The number of aromatic nitrogens is 2. The maximum absolute atomic E-state index is 14.3. The molecule has 1 saturated heterocycles. The standard InChI is InChI=1S/C23H20BrClF4N6O3/c24-15-9-16(25)19(36)14(18(15)21(37)32-13-3-1-2-12(8-13)23(27,28)29)10-31-34-22-30-11-17(26)20(33-22)35-4-6-38-7-5-35/h1-3,8-11,15,18,31H,4-7H2,(H,32,37)(H,30,33,34). The summed E-state index contributed by atoms with van der Waals surface area (Å²) in [4.78, 5) is 34.8. The largest absolute Gasteiger partial charge is 0.416 e. The van der Waals surface area contributed by atoms with Crippen molar-refractivity contribution in [3.8, 4) is 0 Å². The first kappa shape index (κ1) is 27.8. The van der Waals surface area contributed by atoms with Gasteiger partial charge >= 0.3 is 6.18 Å². The van der Waals surface area contributed by atoms with Gasteiger partial charge in [0.15, 0.2) is 11.6 Å². The molecule has 1 amide bonds. The molecule has 1 aliphatic heterocycles. The van der Waals surface area contributed by atoms with Crippen LogP contribution in [0.3, 0.4) is 0 Å². The average Bonchev–Trinajstić information content (AvgIpc) is 2.88. The Morgan fingerprint density at radius 2 is 2.00 bits per heavy atom. The van der Waals surface area contributed by atoms with Crippen LogP contribution in [0.1, 0.15) is 5.56 Å². The van der Waals surface area contributed by atoms with Crippen molar-refractivity contribution >= 4 is 56.7 Å². The maximum atomic E-state index is 14.3. The van der Waals surface area contributed by atoms with Crippen LogP contribution in [0.25, 0.3) is 0 Å². The zero-order chi connectivity index (χ0) is 27.4. The molecule has 202 valence electrons. The predicted octanol–water partition coefficient (Wildman–Crippen LogP) is 4.00. The van der Waals surface area contributed by atoms with Gasteiger partial charge in [0.1, 0.15) is 0 Å². The quantitative estimate of drug-likeness (QED) is 0.193. The summed E-state index contributed by atoms with van der Waals surface area (Å²) in [5.74, 6) is -3.15. The fraction of sp³-hybridized carbons (Fsp3) is 0.304. The molecule has 3 N–H and O–H groups in total. The lowest BCUT2D eigenvalue weighted by Crippen LogP contribution is -2.38. The summed E-state index contributed by atoms with van der Waals surface area (Å²) >= 11 is 9.33. The van der Waals surface area contributed by atoms with E-state index in [0.717, 1.165) is 24.4 Å². The number of rotatable bonds is 6. The van der Waals surface area contributed by atoms with Gasteiger partial charge in [0.05, 0.1) is 40.8 Å². The summed E-state index contributed by atoms with van der Waals surface area (Å²) < 4.78 is 58.7. The van der Waals surface area contributed by atoms with Crippen molar-refractivity contribution in [2.24, 2.45) is 5.92 Å². The summed E-state index contributed by atoms with van der Waals surface area (Å²) in [5.41, 5.74) is 4.10. The first-order valence-electron chi connectivity index (χ1n) is 11.2. The minimum atomic E-state index is -4.60. The molecule has 2 aromatic rings. The van der Waals surface area contributed by atoms with Crippen molar-refractivity contribution in [1.82, 2.24) is 15.4 Å². The molecule has 1 aliphatic carbocycles. The molecule has 0 bridgehead atoms. The normalized spacial score (nSPS) is 21.2. The molecule has 2 atom stereocenters. The minimum absolute atomic E-state index is 0.0185. The summed E-state index contributed by atoms with van der Waals surface area (Å²) in [6.45, 7) is 1.73. The average molecular weight is 620 g/mol. The third-order valence-corrected chi connectivity index (χ3v) is 6.72. The van der Waals surface area contributed by atoms with Gasteiger partial charge in [-0.3, -0.25) is 15.0 Å². The second-order valence-corrected chi connectivity index (χ2v) is 9.63. The highest BCUT2D eigenvalue weighted by Crippen LogP contribution is 2.35. The number of carbonyl (C=O) groups excluding carboxylic acids is 2. The summed E-state index contributed by atoms with van der Waals surface area (Å²) in [6, 6.07) is 4.11. The van der Waals surface area contributed by atoms with E-state index in [1.54, 1.807) is 4.90 Å². The number of benzene rings is 1. The van der Waals surface area contributed by atoms with Gasteiger partial charge in [-0.2, -0.15) is 18.2 Å². The minimum Gasteiger partial charge on any atom is -0.378 e. The monoisotopic (exact) mass is 618 g/mol. The Kier molecular flexibility index (Phi) is 8.53. The highest BCUT2D eigenvalue weighted by Gasteiger charge is 2.38. The van der Waals surface area contributed by atoms with Crippen LogP contribution >= 0.6 is 27.5 Å². The van der Waals surface area contributed by atoms with E-state index in [1.807, 2.05) is 0 Å². The van der Waals surface area contributed by atoms with Gasteiger partial charge < -0.3 is 20.4 Å². The number of Topliss-reactive ketones (excluding diaryl/α,β-unsaturated/α-hetero) is 1. The lowest BCUT2D eigenvalue weighted by molar-refractivity contribution is -0.137. The number of carbonyl (C=O) groups is 2. The van der Waals surface area contributed by atoms with E-state index < -0.39 is 40.0 Å². The molecule has 4 rings (SSSR count). The number of nitrogens with zero attached hydrogens (tertiary/aromatic N) is 3. The van der Waals surface area contributed by atoms with Crippen LogP contribution in [0.5, 0.6) is 0 Å². The molecular formula is C23H20BrClF4N6O3. The van der Waals surface area contributed by atoms with E-state index in [1.165, 1.54) is 18.3 Å². The van der Waals surface area contributed by atoms with Crippen molar-refractivity contribution in [2.75, 3.05) is 41.9 Å². The molecule has 15 heteroatoms. The lowest BCUT2D eigenvalue weighted by Gasteiger charge is -2.28. The smallest absolute Gasteiger partial charge is 0.378 e. The van der Waals surface area contributed by atoms with Crippen molar-refractivity contribution in [1.29, 1.82) is 0 Å². The molecule has 9 nitrogen and oxygen atoms in total. The number of hydrogen-bond acceptors (Lipinski definition) is 8. The number of halogens is 6. The number of anilines is 3. The van der Waals surface area contributed by atoms with Crippen molar-refractivity contribution < 1.29 is 31.9 Å². The third-order valence-electron chi connectivity index (χ3n) is 5.63. The summed E-state index contributed by atoms with van der Waals surface area (Å²) in [6.07, 6.45) is -1.12. The fourth-order valence-corrected chi connectivity index (χ4v) is 4.98. The number of alkyl halides is 4. The topological polar surface area (TPSA) is 108 Å². The lowest BCUT2D eigenvalue weighted by atomic mass is 9.87. The fourth-order valence-electron chi connectivity index (χ4n) is 3.79. The van der Waals surface area contributed by atoms with Gasteiger partial charge in [-0.15, -0.1) is 0 Å². The van der Waals surface area contributed by atoms with Gasteiger partial charge in [0.2, 0.25) is 17.6 Å². The highest BCUT2D eigenvalue weighted by atomic mass is 79.9. The summed E-state index contributed by atoms with van der Waals surface area (Å²) in [7, 11) is 0. The molecule has 38 heavy (non-hydrogen) atoms. The molecule has 2 heterocycles.